The minimum Gasteiger partial charge on any atom is -0.468 e. The summed E-state index contributed by atoms with van der Waals surface area (Å²) in [5.41, 5.74) is 0.0625. The average Bonchev–Trinajstić information content (AvgIpc) is 3.19. The number of amides is 2. The van der Waals surface area contributed by atoms with Gasteiger partial charge in [-0.25, -0.2) is 4.39 Å². The molecule has 2 fully saturated rings. The molecule has 0 aromatic heterocycles. The molecule has 2 aliphatic heterocycles. The molecule has 4 atom stereocenters. The fraction of sp³-hybridized carbons (Fsp3) is 0.318. The molecule has 0 aliphatic carbocycles. The number of carbonyl (C=O) groups is 3. The molecule has 0 bridgehead atoms. The van der Waals surface area contributed by atoms with E-state index < -0.39 is 41.1 Å². The Labute approximate surface area is 167 Å². The molecule has 2 aliphatic rings. The number of methoxy groups -OCH3 is 1. The van der Waals surface area contributed by atoms with Crippen molar-refractivity contribution in [3.05, 3.63) is 71.5 Å². The summed E-state index contributed by atoms with van der Waals surface area (Å²) in [5.74, 6) is -3.47. The van der Waals surface area contributed by atoms with Gasteiger partial charge >= 0.3 is 5.97 Å². The summed E-state index contributed by atoms with van der Waals surface area (Å²) in [4.78, 5) is 40.1. The highest BCUT2D eigenvalue weighted by atomic mass is 19.1. The van der Waals surface area contributed by atoms with Crippen LogP contribution in [0.4, 0.5) is 4.39 Å². The Kier molecular flexibility index (Phi) is 4.70. The molecule has 0 spiro atoms. The van der Waals surface area contributed by atoms with Gasteiger partial charge in [-0.1, -0.05) is 42.5 Å². The normalized spacial score (nSPS) is 28.5. The number of nitrogens with one attached hydrogen (secondary N) is 1. The molecular weight excluding hydrogens is 375 g/mol. The van der Waals surface area contributed by atoms with Crippen LogP contribution < -0.4 is 5.32 Å². The van der Waals surface area contributed by atoms with Crippen molar-refractivity contribution < 1.29 is 23.5 Å². The Bertz CT molecular complexity index is 963. The third-order valence-electron chi connectivity index (χ3n) is 5.98. The molecule has 1 N–H and O–H groups in total. The van der Waals surface area contributed by atoms with E-state index >= 15 is 0 Å². The van der Waals surface area contributed by atoms with E-state index in [9.17, 15) is 18.8 Å². The first-order chi connectivity index (χ1) is 13.9. The Hall–Kier alpha value is -3.06. The van der Waals surface area contributed by atoms with Crippen molar-refractivity contribution >= 4 is 17.8 Å². The van der Waals surface area contributed by atoms with Crippen molar-refractivity contribution in [2.24, 2.45) is 11.8 Å². The maximum atomic E-state index is 13.4. The van der Waals surface area contributed by atoms with Crippen molar-refractivity contribution in [1.82, 2.24) is 10.2 Å². The summed E-state index contributed by atoms with van der Waals surface area (Å²) in [6.45, 7) is 0. The van der Waals surface area contributed by atoms with Gasteiger partial charge in [-0.2, -0.15) is 0 Å². The van der Waals surface area contributed by atoms with Gasteiger partial charge in [-0.15, -0.1) is 0 Å². The minimum absolute atomic E-state index is 0.187. The molecule has 150 valence electrons. The van der Waals surface area contributed by atoms with Gasteiger partial charge in [0.1, 0.15) is 11.4 Å². The van der Waals surface area contributed by atoms with Gasteiger partial charge in [0.2, 0.25) is 11.8 Å². The lowest BCUT2D eigenvalue weighted by atomic mass is 9.76. The van der Waals surface area contributed by atoms with Crippen LogP contribution >= 0.6 is 0 Å². The summed E-state index contributed by atoms with van der Waals surface area (Å²) in [7, 11) is 2.69. The number of nitrogens with zero attached hydrogens (tertiary/aromatic N) is 1. The second-order valence-electron chi connectivity index (χ2n) is 7.54. The Morgan fingerprint density at radius 3 is 2.38 bits per heavy atom. The van der Waals surface area contributed by atoms with Gasteiger partial charge in [0.05, 0.1) is 18.9 Å². The zero-order chi connectivity index (χ0) is 20.8. The summed E-state index contributed by atoms with van der Waals surface area (Å²) in [5, 5.41) is 3.26. The van der Waals surface area contributed by atoms with E-state index in [1.807, 2.05) is 30.3 Å². The highest BCUT2D eigenvalue weighted by Crippen LogP contribution is 2.49. The van der Waals surface area contributed by atoms with Crippen LogP contribution in [0, 0.1) is 17.7 Å². The first kappa shape index (κ1) is 19.3. The lowest BCUT2D eigenvalue weighted by molar-refractivity contribution is -0.153. The number of ether oxygens (including phenoxy) is 1. The average molecular weight is 396 g/mol. The summed E-state index contributed by atoms with van der Waals surface area (Å²) in [6.07, 6.45) is 0.187. The second kappa shape index (κ2) is 7.08. The molecular formula is C22H21FN2O4. The van der Waals surface area contributed by atoms with Crippen LogP contribution in [0.15, 0.2) is 54.6 Å². The third kappa shape index (κ3) is 2.93. The molecule has 0 radical (unpaired) electrons. The van der Waals surface area contributed by atoms with Crippen LogP contribution in [0.3, 0.4) is 0 Å². The fourth-order valence-electron chi connectivity index (χ4n) is 4.63. The van der Waals surface area contributed by atoms with Crippen LogP contribution in [0.1, 0.15) is 17.2 Å². The monoisotopic (exact) mass is 396 g/mol. The molecule has 4 rings (SSSR count). The number of carbonyl (C=O) groups excluding carboxylic acids is 3. The number of likely N-dealkylation sites (tertiary alicyclic amines) is 1. The molecule has 2 aromatic rings. The smallest absolute Gasteiger partial charge is 0.327 e. The lowest BCUT2D eigenvalue weighted by Crippen LogP contribution is -2.57. The van der Waals surface area contributed by atoms with E-state index in [4.69, 9.17) is 4.74 Å². The van der Waals surface area contributed by atoms with Crippen molar-refractivity contribution in [2.75, 3.05) is 14.2 Å². The quantitative estimate of drug-likeness (QED) is 0.631. The van der Waals surface area contributed by atoms with Crippen molar-refractivity contribution in [3.63, 3.8) is 0 Å². The number of rotatable bonds is 4. The fourth-order valence-corrected chi connectivity index (χ4v) is 4.63. The Balaban J connectivity index is 1.85. The third-order valence-corrected chi connectivity index (χ3v) is 5.98. The van der Waals surface area contributed by atoms with E-state index in [1.54, 1.807) is 12.1 Å². The van der Waals surface area contributed by atoms with E-state index in [-0.39, 0.29) is 12.3 Å². The molecule has 2 heterocycles. The standard InChI is InChI=1S/C22H21FN2O4/c1-25-19(26)16-17(20(25)27)22(21(28)29-2,12-13-6-4-3-5-7-13)24-18(16)14-8-10-15(23)11-9-14/h3-11,16-18,24H,12H2,1-2H3/t16-,17+,18+,22+/m0/s1. The number of hydrogen-bond donors (Lipinski definition) is 1. The highest BCUT2D eigenvalue weighted by Gasteiger charge is 2.68. The number of fused-ring (bicyclic) bond motifs is 1. The Morgan fingerprint density at radius 2 is 1.76 bits per heavy atom. The molecule has 0 unspecified atom stereocenters. The van der Waals surface area contributed by atoms with Crippen LogP contribution in [-0.4, -0.2) is 42.4 Å². The first-order valence-electron chi connectivity index (χ1n) is 9.36. The summed E-state index contributed by atoms with van der Waals surface area (Å²) in [6, 6.07) is 14.4. The van der Waals surface area contributed by atoms with E-state index in [1.165, 1.54) is 26.3 Å². The van der Waals surface area contributed by atoms with Crippen LogP contribution in [-0.2, 0) is 25.5 Å². The first-order valence-corrected chi connectivity index (χ1v) is 9.36. The van der Waals surface area contributed by atoms with Crippen LogP contribution in [0.5, 0.6) is 0 Å². The van der Waals surface area contributed by atoms with Crippen molar-refractivity contribution in [1.29, 1.82) is 0 Å². The van der Waals surface area contributed by atoms with Gasteiger partial charge in [0.15, 0.2) is 0 Å². The largest absolute Gasteiger partial charge is 0.468 e. The molecule has 2 amide bonds. The van der Waals surface area contributed by atoms with Gasteiger partial charge in [0, 0.05) is 19.5 Å². The predicted molar refractivity (Wildman–Crippen MR) is 102 cm³/mol. The van der Waals surface area contributed by atoms with Gasteiger partial charge in [-0.3, -0.25) is 24.6 Å². The van der Waals surface area contributed by atoms with Crippen molar-refractivity contribution in [2.45, 2.75) is 18.0 Å². The molecule has 6 nitrogen and oxygen atoms in total. The maximum Gasteiger partial charge on any atom is 0.327 e. The molecule has 7 heteroatoms. The number of esters is 1. The second-order valence-corrected chi connectivity index (χ2v) is 7.54. The summed E-state index contributed by atoms with van der Waals surface area (Å²) < 4.78 is 18.5. The molecule has 2 saturated heterocycles. The van der Waals surface area contributed by atoms with Gasteiger partial charge < -0.3 is 4.74 Å². The number of imide groups is 1. The molecule has 0 saturated carbocycles. The van der Waals surface area contributed by atoms with Crippen molar-refractivity contribution in [3.8, 4) is 0 Å². The maximum absolute atomic E-state index is 13.4. The molecule has 29 heavy (non-hydrogen) atoms. The Morgan fingerprint density at radius 1 is 1.10 bits per heavy atom. The SMILES string of the molecule is COC(=O)[C@]1(Cc2ccccc2)N[C@H](c2ccc(F)cc2)[C@H]2C(=O)N(C)C(=O)[C@@H]21. The van der Waals surface area contributed by atoms with E-state index in [0.717, 1.165) is 10.5 Å². The van der Waals surface area contributed by atoms with E-state index in [0.29, 0.717) is 5.56 Å². The summed E-state index contributed by atoms with van der Waals surface area (Å²) >= 11 is 0. The van der Waals surface area contributed by atoms with Gasteiger partial charge in [0.25, 0.3) is 0 Å². The number of halogens is 1. The zero-order valence-corrected chi connectivity index (χ0v) is 16.1. The minimum atomic E-state index is -1.41. The molecule has 2 aromatic carbocycles. The number of hydrogen-bond acceptors (Lipinski definition) is 5. The predicted octanol–water partition coefficient (Wildman–Crippen LogP) is 1.86. The topological polar surface area (TPSA) is 75.7 Å². The highest BCUT2D eigenvalue weighted by molar-refractivity contribution is 6.09. The van der Waals surface area contributed by atoms with Gasteiger partial charge in [-0.05, 0) is 23.3 Å². The van der Waals surface area contributed by atoms with E-state index in [2.05, 4.69) is 5.32 Å². The van der Waals surface area contributed by atoms with Crippen LogP contribution in [0.2, 0.25) is 0 Å². The lowest BCUT2D eigenvalue weighted by Gasteiger charge is -2.32. The number of benzene rings is 2. The zero-order valence-electron chi connectivity index (χ0n) is 16.1. The van der Waals surface area contributed by atoms with Crippen LogP contribution in [0.25, 0.3) is 0 Å².